The first kappa shape index (κ1) is 22.8. The van der Waals surface area contributed by atoms with E-state index in [0.717, 1.165) is 33.7 Å². The van der Waals surface area contributed by atoms with Gasteiger partial charge in [0.1, 0.15) is 0 Å². The lowest BCUT2D eigenvalue weighted by molar-refractivity contribution is -0.116. The number of ether oxygens (including phenoxy) is 4. The van der Waals surface area contributed by atoms with Gasteiger partial charge < -0.3 is 28.8 Å². The number of carbonyl (C=O) groups is 1. The number of aryl methyl sites for hydroxylation is 1. The van der Waals surface area contributed by atoms with Crippen LogP contribution in [0.3, 0.4) is 0 Å². The van der Waals surface area contributed by atoms with Gasteiger partial charge in [-0.15, -0.1) is 0 Å². The van der Waals surface area contributed by atoms with Crippen LogP contribution < -0.4 is 24.3 Å². The standard InChI is InChI=1S/C27H28N2O6/c1-14-24-25(16-7-9-21(32-3)23(13-16)34-5)26-18(28-27(24)35-29-14)10-17(11-19(26)30)15-6-8-20(31-2)22(12-15)33-4/h6-9,12-13,17,25,28H,10-11H2,1-5H3/t17-,25+/m1/s1. The van der Waals surface area contributed by atoms with Crippen LogP contribution in [0, 0.1) is 6.92 Å². The summed E-state index contributed by atoms with van der Waals surface area (Å²) in [5, 5.41) is 7.56. The highest BCUT2D eigenvalue weighted by Gasteiger charge is 2.41. The minimum absolute atomic E-state index is 0.00909. The molecule has 3 aromatic rings. The number of benzene rings is 2. The van der Waals surface area contributed by atoms with Crippen molar-refractivity contribution >= 4 is 11.7 Å². The van der Waals surface area contributed by atoms with E-state index in [-0.39, 0.29) is 17.6 Å². The van der Waals surface area contributed by atoms with Gasteiger partial charge in [-0.1, -0.05) is 17.3 Å². The van der Waals surface area contributed by atoms with Crippen molar-refractivity contribution in [3.8, 4) is 23.0 Å². The fourth-order valence-electron chi connectivity index (χ4n) is 5.18. The molecule has 2 aliphatic rings. The summed E-state index contributed by atoms with van der Waals surface area (Å²) in [5.74, 6) is 2.87. The molecule has 0 radical (unpaired) electrons. The van der Waals surface area contributed by atoms with Gasteiger partial charge in [0.2, 0.25) is 5.88 Å². The van der Waals surface area contributed by atoms with Crippen LogP contribution in [-0.2, 0) is 4.79 Å². The maximum absolute atomic E-state index is 13.7. The number of Topliss-reactive ketones (excluding diaryl/α,β-unsaturated/α-hetero) is 1. The van der Waals surface area contributed by atoms with E-state index < -0.39 is 0 Å². The molecule has 1 aromatic heterocycles. The molecule has 1 N–H and O–H groups in total. The van der Waals surface area contributed by atoms with Crippen molar-refractivity contribution in [2.75, 3.05) is 33.8 Å². The maximum atomic E-state index is 13.7. The molecular formula is C27H28N2O6. The van der Waals surface area contributed by atoms with Crippen molar-refractivity contribution in [3.63, 3.8) is 0 Å². The number of aromatic nitrogens is 1. The number of allylic oxidation sites excluding steroid dienone is 2. The van der Waals surface area contributed by atoms with Crippen LogP contribution in [0.2, 0.25) is 0 Å². The van der Waals surface area contributed by atoms with Gasteiger partial charge in [0.25, 0.3) is 0 Å². The smallest absolute Gasteiger partial charge is 0.233 e. The molecule has 2 aromatic carbocycles. The third kappa shape index (κ3) is 3.79. The summed E-state index contributed by atoms with van der Waals surface area (Å²) in [5.41, 5.74) is 5.15. The van der Waals surface area contributed by atoms with Crippen molar-refractivity contribution in [3.05, 3.63) is 70.1 Å². The number of ketones is 1. The van der Waals surface area contributed by atoms with E-state index in [4.69, 9.17) is 23.5 Å². The molecular weight excluding hydrogens is 448 g/mol. The Balaban J connectivity index is 1.59. The van der Waals surface area contributed by atoms with E-state index in [1.54, 1.807) is 28.4 Å². The highest BCUT2D eigenvalue weighted by atomic mass is 16.5. The van der Waals surface area contributed by atoms with Crippen LogP contribution in [0.5, 0.6) is 23.0 Å². The summed E-state index contributed by atoms with van der Waals surface area (Å²) < 4.78 is 27.4. The van der Waals surface area contributed by atoms with Gasteiger partial charge in [-0.2, -0.15) is 0 Å². The average Bonchev–Trinajstić information content (AvgIpc) is 3.26. The lowest BCUT2D eigenvalue weighted by atomic mass is 9.72. The quantitative estimate of drug-likeness (QED) is 0.533. The van der Waals surface area contributed by atoms with E-state index in [1.807, 2.05) is 43.3 Å². The van der Waals surface area contributed by atoms with Crippen LogP contribution in [-0.4, -0.2) is 39.4 Å². The fraction of sp³-hybridized carbons (Fsp3) is 0.333. The lowest BCUT2D eigenvalue weighted by Crippen LogP contribution is -2.29. The molecule has 1 aliphatic heterocycles. The minimum Gasteiger partial charge on any atom is -0.493 e. The highest BCUT2D eigenvalue weighted by molar-refractivity contribution is 6.01. The van der Waals surface area contributed by atoms with E-state index in [9.17, 15) is 4.79 Å². The van der Waals surface area contributed by atoms with Gasteiger partial charge in [0, 0.05) is 23.6 Å². The van der Waals surface area contributed by atoms with Gasteiger partial charge in [-0.3, -0.25) is 4.79 Å². The van der Waals surface area contributed by atoms with Crippen LogP contribution in [0.15, 0.2) is 52.2 Å². The maximum Gasteiger partial charge on any atom is 0.233 e. The van der Waals surface area contributed by atoms with Crippen molar-refractivity contribution in [2.45, 2.75) is 31.6 Å². The Labute approximate surface area is 203 Å². The van der Waals surface area contributed by atoms with Gasteiger partial charge in [0.15, 0.2) is 28.8 Å². The Morgan fingerprint density at radius 2 is 1.46 bits per heavy atom. The molecule has 2 atom stereocenters. The molecule has 0 saturated heterocycles. The first-order valence-electron chi connectivity index (χ1n) is 11.4. The first-order chi connectivity index (χ1) is 17.0. The van der Waals surface area contributed by atoms with Crippen LogP contribution >= 0.6 is 0 Å². The topological polar surface area (TPSA) is 92.1 Å². The van der Waals surface area contributed by atoms with Crippen molar-refractivity contribution in [1.29, 1.82) is 0 Å². The summed E-state index contributed by atoms with van der Waals surface area (Å²) >= 11 is 0. The molecule has 0 unspecified atom stereocenters. The van der Waals surface area contributed by atoms with Gasteiger partial charge in [-0.05, 0) is 54.7 Å². The second-order valence-electron chi connectivity index (χ2n) is 8.72. The summed E-state index contributed by atoms with van der Waals surface area (Å²) in [7, 11) is 6.42. The van der Waals surface area contributed by atoms with Crippen LogP contribution in [0.1, 0.15) is 47.1 Å². The summed E-state index contributed by atoms with van der Waals surface area (Å²) in [6, 6.07) is 11.6. The zero-order valence-corrected chi connectivity index (χ0v) is 20.4. The van der Waals surface area contributed by atoms with Crippen molar-refractivity contribution in [2.24, 2.45) is 0 Å². The minimum atomic E-state index is -0.314. The van der Waals surface area contributed by atoms with Crippen LogP contribution in [0.4, 0.5) is 5.88 Å². The van der Waals surface area contributed by atoms with E-state index in [0.29, 0.717) is 41.7 Å². The molecule has 0 saturated carbocycles. The van der Waals surface area contributed by atoms with Crippen molar-refractivity contribution < 1.29 is 28.3 Å². The zero-order valence-electron chi connectivity index (χ0n) is 20.4. The Morgan fingerprint density at radius 1 is 0.857 bits per heavy atom. The predicted molar refractivity (Wildman–Crippen MR) is 130 cm³/mol. The molecule has 8 heteroatoms. The van der Waals surface area contributed by atoms with Crippen LogP contribution in [0.25, 0.3) is 0 Å². The fourth-order valence-corrected chi connectivity index (χ4v) is 5.18. The number of anilines is 1. The zero-order chi connectivity index (χ0) is 24.7. The number of methoxy groups -OCH3 is 4. The highest BCUT2D eigenvalue weighted by Crippen LogP contribution is 2.50. The van der Waals surface area contributed by atoms with Gasteiger partial charge >= 0.3 is 0 Å². The Bertz CT molecular complexity index is 1330. The SMILES string of the molecule is COc1ccc([C@H]2CC(=O)C3=C(C2)Nc2onc(C)c2[C@@H]3c2ccc(OC)c(OC)c2)cc1OC. The molecule has 5 rings (SSSR count). The Morgan fingerprint density at radius 3 is 2.09 bits per heavy atom. The number of nitrogens with one attached hydrogen (secondary N) is 1. The van der Waals surface area contributed by atoms with E-state index in [1.165, 1.54) is 0 Å². The third-order valence-electron chi connectivity index (χ3n) is 6.88. The number of hydrogen-bond donors (Lipinski definition) is 1. The van der Waals surface area contributed by atoms with E-state index >= 15 is 0 Å². The molecule has 0 bridgehead atoms. The summed E-state index contributed by atoms with van der Waals surface area (Å²) in [6.45, 7) is 1.89. The normalized spacial score (nSPS) is 18.9. The second-order valence-corrected chi connectivity index (χ2v) is 8.72. The monoisotopic (exact) mass is 476 g/mol. The average molecular weight is 477 g/mol. The summed E-state index contributed by atoms with van der Waals surface area (Å²) in [4.78, 5) is 13.7. The van der Waals surface area contributed by atoms with Gasteiger partial charge in [-0.25, -0.2) is 0 Å². The first-order valence-corrected chi connectivity index (χ1v) is 11.4. The van der Waals surface area contributed by atoms with Crippen molar-refractivity contribution in [1.82, 2.24) is 5.16 Å². The number of carbonyl (C=O) groups excluding carboxylic acids is 1. The second kappa shape index (κ2) is 9.02. The lowest BCUT2D eigenvalue weighted by Gasteiger charge is -2.34. The number of rotatable bonds is 6. The Kier molecular flexibility index (Phi) is 5.88. The molecule has 2 heterocycles. The van der Waals surface area contributed by atoms with Gasteiger partial charge in [0.05, 0.1) is 39.7 Å². The molecule has 1 aliphatic carbocycles. The molecule has 0 spiro atoms. The van der Waals surface area contributed by atoms with E-state index in [2.05, 4.69) is 10.5 Å². The largest absolute Gasteiger partial charge is 0.493 e. The molecule has 0 fully saturated rings. The predicted octanol–water partition coefficient (Wildman–Crippen LogP) is 4.98. The number of nitrogens with zero attached hydrogens (tertiary/aromatic N) is 1. The molecule has 0 amide bonds. The third-order valence-corrected chi connectivity index (χ3v) is 6.88. The molecule has 182 valence electrons. The number of hydrogen-bond acceptors (Lipinski definition) is 8. The summed E-state index contributed by atoms with van der Waals surface area (Å²) in [6.07, 6.45) is 1.04. The molecule has 35 heavy (non-hydrogen) atoms. The Hall–Kier alpha value is -3.94. The number of fused-ring (bicyclic) bond motifs is 1. The molecule has 8 nitrogen and oxygen atoms in total.